The Balaban J connectivity index is 2.01. The first kappa shape index (κ1) is 13.9. The minimum atomic E-state index is 0.0832. The summed E-state index contributed by atoms with van der Waals surface area (Å²) in [6.45, 7) is 0. The molecule has 1 heterocycles. The SMILES string of the molecule is Nc1c(Br)cnn1C(Cc1ccccc1)c1ccccc1. The van der Waals surface area contributed by atoms with Crippen LogP contribution >= 0.6 is 15.9 Å². The molecule has 0 radical (unpaired) electrons. The molecule has 0 amide bonds. The summed E-state index contributed by atoms with van der Waals surface area (Å²) in [6, 6.07) is 20.8. The lowest BCUT2D eigenvalue weighted by atomic mass is 9.99. The van der Waals surface area contributed by atoms with Gasteiger partial charge in [0, 0.05) is 0 Å². The molecule has 0 bridgehead atoms. The summed E-state index contributed by atoms with van der Waals surface area (Å²) in [6.07, 6.45) is 2.60. The minimum absolute atomic E-state index is 0.0832. The molecular formula is C17H16BrN3. The van der Waals surface area contributed by atoms with E-state index in [1.165, 1.54) is 11.1 Å². The monoisotopic (exact) mass is 341 g/mol. The van der Waals surface area contributed by atoms with Gasteiger partial charge in [0.05, 0.1) is 16.7 Å². The second kappa shape index (κ2) is 6.14. The Morgan fingerprint density at radius 2 is 1.62 bits per heavy atom. The predicted molar refractivity (Wildman–Crippen MR) is 89.1 cm³/mol. The fourth-order valence-corrected chi connectivity index (χ4v) is 2.73. The lowest BCUT2D eigenvalue weighted by molar-refractivity contribution is 0.528. The zero-order valence-corrected chi connectivity index (χ0v) is 13.1. The van der Waals surface area contributed by atoms with E-state index in [9.17, 15) is 0 Å². The van der Waals surface area contributed by atoms with Gasteiger partial charge in [-0.3, -0.25) is 0 Å². The molecule has 3 nitrogen and oxygen atoms in total. The highest BCUT2D eigenvalue weighted by atomic mass is 79.9. The molecule has 3 rings (SSSR count). The molecule has 0 aliphatic heterocycles. The number of nitrogens with zero attached hydrogens (tertiary/aromatic N) is 2. The average Bonchev–Trinajstić information content (AvgIpc) is 2.87. The van der Waals surface area contributed by atoms with Crippen LogP contribution in [0.5, 0.6) is 0 Å². The molecule has 0 saturated carbocycles. The smallest absolute Gasteiger partial charge is 0.136 e. The number of hydrogen-bond donors (Lipinski definition) is 1. The summed E-state index contributed by atoms with van der Waals surface area (Å²) >= 11 is 3.43. The largest absolute Gasteiger partial charge is 0.383 e. The van der Waals surface area contributed by atoms with Gasteiger partial charge in [0.1, 0.15) is 5.82 Å². The van der Waals surface area contributed by atoms with Crippen molar-refractivity contribution in [3.05, 3.63) is 82.5 Å². The Morgan fingerprint density at radius 1 is 1.00 bits per heavy atom. The number of aromatic nitrogens is 2. The second-order valence-corrected chi connectivity index (χ2v) is 5.79. The molecule has 0 aliphatic carbocycles. The van der Waals surface area contributed by atoms with Crippen molar-refractivity contribution in [1.82, 2.24) is 9.78 Å². The van der Waals surface area contributed by atoms with Crippen LogP contribution in [-0.4, -0.2) is 9.78 Å². The highest BCUT2D eigenvalue weighted by molar-refractivity contribution is 9.10. The number of halogens is 1. The van der Waals surface area contributed by atoms with Crippen LogP contribution < -0.4 is 5.73 Å². The molecule has 2 N–H and O–H groups in total. The van der Waals surface area contributed by atoms with Crippen LogP contribution in [0.4, 0.5) is 5.82 Å². The number of rotatable bonds is 4. The number of nitrogen functional groups attached to an aromatic ring is 1. The van der Waals surface area contributed by atoms with Gasteiger partial charge in [-0.2, -0.15) is 5.10 Å². The Hall–Kier alpha value is -2.07. The van der Waals surface area contributed by atoms with Gasteiger partial charge in [-0.25, -0.2) is 4.68 Å². The van der Waals surface area contributed by atoms with Gasteiger partial charge in [0.15, 0.2) is 0 Å². The maximum absolute atomic E-state index is 6.15. The number of nitrogens with two attached hydrogens (primary N) is 1. The van der Waals surface area contributed by atoms with E-state index in [4.69, 9.17) is 5.73 Å². The van der Waals surface area contributed by atoms with Crippen LogP contribution in [0.3, 0.4) is 0 Å². The standard InChI is InChI=1S/C17H16BrN3/c18-15-12-20-21(17(15)19)16(14-9-5-2-6-10-14)11-13-7-3-1-4-8-13/h1-10,12,16H,11,19H2. The van der Waals surface area contributed by atoms with Crippen molar-refractivity contribution in [3.63, 3.8) is 0 Å². The van der Waals surface area contributed by atoms with Crippen molar-refractivity contribution < 1.29 is 0 Å². The maximum atomic E-state index is 6.15. The molecule has 2 aromatic carbocycles. The van der Waals surface area contributed by atoms with Crippen molar-refractivity contribution in [2.24, 2.45) is 0 Å². The molecule has 0 aliphatic rings. The second-order valence-electron chi connectivity index (χ2n) is 4.94. The van der Waals surface area contributed by atoms with Gasteiger partial charge < -0.3 is 5.73 Å². The third-order valence-electron chi connectivity index (χ3n) is 3.54. The van der Waals surface area contributed by atoms with E-state index < -0.39 is 0 Å². The van der Waals surface area contributed by atoms with Crippen molar-refractivity contribution in [3.8, 4) is 0 Å². The van der Waals surface area contributed by atoms with E-state index in [0.717, 1.165) is 10.9 Å². The van der Waals surface area contributed by atoms with Crippen LogP contribution in [0.2, 0.25) is 0 Å². The third-order valence-corrected chi connectivity index (χ3v) is 4.15. The van der Waals surface area contributed by atoms with E-state index in [1.807, 2.05) is 28.9 Å². The van der Waals surface area contributed by atoms with E-state index >= 15 is 0 Å². The summed E-state index contributed by atoms with van der Waals surface area (Å²) in [4.78, 5) is 0. The van der Waals surface area contributed by atoms with Gasteiger partial charge in [-0.05, 0) is 33.5 Å². The Labute approximate surface area is 132 Å². The molecule has 106 valence electrons. The van der Waals surface area contributed by atoms with Crippen LogP contribution in [-0.2, 0) is 6.42 Å². The normalized spacial score (nSPS) is 12.2. The van der Waals surface area contributed by atoms with Crippen molar-refractivity contribution >= 4 is 21.7 Å². The van der Waals surface area contributed by atoms with Gasteiger partial charge in [-0.15, -0.1) is 0 Å². The van der Waals surface area contributed by atoms with Crippen LogP contribution in [0, 0.1) is 0 Å². The van der Waals surface area contributed by atoms with Gasteiger partial charge in [0.25, 0.3) is 0 Å². The van der Waals surface area contributed by atoms with Gasteiger partial charge >= 0.3 is 0 Å². The van der Waals surface area contributed by atoms with E-state index in [1.54, 1.807) is 6.20 Å². The maximum Gasteiger partial charge on any atom is 0.136 e. The lowest BCUT2D eigenvalue weighted by Gasteiger charge is -2.19. The highest BCUT2D eigenvalue weighted by Gasteiger charge is 2.18. The zero-order valence-electron chi connectivity index (χ0n) is 11.5. The molecule has 3 aromatic rings. The first-order chi connectivity index (χ1) is 10.3. The number of benzene rings is 2. The van der Waals surface area contributed by atoms with Crippen molar-refractivity contribution in [1.29, 1.82) is 0 Å². The zero-order chi connectivity index (χ0) is 14.7. The van der Waals surface area contributed by atoms with Crippen LogP contribution in [0.1, 0.15) is 17.2 Å². The summed E-state index contributed by atoms with van der Waals surface area (Å²) in [5.41, 5.74) is 8.61. The summed E-state index contributed by atoms with van der Waals surface area (Å²) in [5, 5.41) is 4.43. The Kier molecular flexibility index (Phi) is 4.06. The number of anilines is 1. The lowest BCUT2D eigenvalue weighted by Crippen LogP contribution is -2.17. The molecule has 21 heavy (non-hydrogen) atoms. The van der Waals surface area contributed by atoms with Crippen LogP contribution in [0.15, 0.2) is 71.3 Å². The topological polar surface area (TPSA) is 43.8 Å². The Bertz CT molecular complexity index is 707. The first-order valence-electron chi connectivity index (χ1n) is 6.83. The van der Waals surface area contributed by atoms with Gasteiger partial charge in [-0.1, -0.05) is 60.7 Å². The van der Waals surface area contributed by atoms with Gasteiger partial charge in [0.2, 0.25) is 0 Å². The molecule has 1 unspecified atom stereocenters. The molecule has 0 fully saturated rings. The van der Waals surface area contributed by atoms with E-state index in [0.29, 0.717) is 5.82 Å². The molecule has 1 aromatic heterocycles. The average molecular weight is 342 g/mol. The third kappa shape index (κ3) is 3.00. The Morgan fingerprint density at radius 3 is 2.19 bits per heavy atom. The molecular weight excluding hydrogens is 326 g/mol. The first-order valence-corrected chi connectivity index (χ1v) is 7.62. The quantitative estimate of drug-likeness (QED) is 0.777. The summed E-state index contributed by atoms with van der Waals surface area (Å²) in [5.74, 6) is 0.653. The fourth-order valence-electron chi connectivity index (χ4n) is 2.46. The molecule has 4 heteroatoms. The van der Waals surface area contributed by atoms with E-state index in [2.05, 4.69) is 57.4 Å². The van der Waals surface area contributed by atoms with Crippen molar-refractivity contribution in [2.45, 2.75) is 12.5 Å². The minimum Gasteiger partial charge on any atom is -0.383 e. The van der Waals surface area contributed by atoms with Crippen molar-refractivity contribution in [2.75, 3.05) is 5.73 Å². The predicted octanol–water partition coefficient (Wildman–Crippen LogP) is 4.06. The van der Waals surface area contributed by atoms with Crippen LogP contribution in [0.25, 0.3) is 0 Å². The summed E-state index contributed by atoms with van der Waals surface area (Å²) < 4.78 is 2.71. The van der Waals surface area contributed by atoms with E-state index in [-0.39, 0.29) is 6.04 Å². The molecule has 1 atom stereocenters. The molecule has 0 saturated heterocycles. The highest BCUT2D eigenvalue weighted by Crippen LogP contribution is 2.28. The summed E-state index contributed by atoms with van der Waals surface area (Å²) in [7, 11) is 0. The fraction of sp³-hybridized carbons (Fsp3) is 0.118. The molecule has 0 spiro atoms. The number of hydrogen-bond acceptors (Lipinski definition) is 2.